The van der Waals surface area contributed by atoms with Crippen LogP contribution in [0.3, 0.4) is 0 Å². The lowest BCUT2D eigenvalue weighted by Crippen LogP contribution is -2.24. The highest BCUT2D eigenvalue weighted by Crippen LogP contribution is 2.47. The van der Waals surface area contributed by atoms with Crippen LogP contribution in [-0.2, 0) is 37.9 Å². The van der Waals surface area contributed by atoms with Crippen molar-refractivity contribution in [2.75, 3.05) is 18.0 Å². The molecular formula is C78H109N2+. The highest BCUT2D eigenvalue weighted by molar-refractivity contribution is 5.84. The molecule has 0 aliphatic carbocycles. The maximum absolute atomic E-state index is 2.68. The fourth-order valence-electron chi connectivity index (χ4n) is 12.0. The Kier molecular flexibility index (Phi) is 17.0. The third-order valence-corrected chi connectivity index (χ3v) is 18.0. The zero-order chi connectivity index (χ0) is 59.9. The van der Waals surface area contributed by atoms with Gasteiger partial charge in [-0.05, 0) is 120 Å². The van der Waals surface area contributed by atoms with Crippen molar-refractivity contribution >= 4 is 17.7 Å². The third-order valence-electron chi connectivity index (χ3n) is 18.0. The average Bonchev–Trinajstić information content (AvgIpc) is 3.81. The van der Waals surface area contributed by atoms with Gasteiger partial charge in [-0.2, -0.15) is 0 Å². The molecule has 1 aliphatic rings. The summed E-state index contributed by atoms with van der Waals surface area (Å²) in [7, 11) is 0. The minimum Gasteiger partial charge on any atom is -0.229 e. The van der Waals surface area contributed by atoms with Gasteiger partial charge in [-0.3, -0.25) is 0 Å². The Balaban J connectivity index is 1.57. The lowest BCUT2D eigenvalue weighted by molar-refractivity contribution is -0.425. The van der Waals surface area contributed by atoms with Crippen molar-refractivity contribution in [3.05, 3.63) is 197 Å². The monoisotopic (exact) mass is 1070 g/mol. The van der Waals surface area contributed by atoms with Crippen molar-refractivity contribution < 1.29 is 4.58 Å². The van der Waals surface area contributed by atoms with E-state index in [0.717, 1.165) is 13.1 Å². The van der Waals surface area contributed by atoms with Gasteiger partial charge in [0.25, 0.3) is 0 Å². The van der Waals surface area contributed by atoms with Gasteiger partial charge in [0.2, 0.25) is 6.34 Å². The van der Waals surface area contributed by atoms with Gasteiger partial charge in [-0.15, -0.1) is 0 Å². The summed E-state index contributed by atoms with van der Waals surface area (Å²) in [6.07, 6.45) is 2.54. The maximum atomic E-state index is 2.68. The molecule has 0 N–H and O–H groups in total. The van der Waals surface area contributed by atoms with Crippen LogP contribution in [-0.4, -0.2) is 24.0 Å². The van der Waals surface area contributed by atoms with Gasteiger partial charge in [-0.25, -0.2) is 9.48 Å². The molecule has 1 aliphatic heterocycles. The second kappa shape index (κ2) is 21.8. The van der Waals surface area contributed by atoms with Crippen molar-refractivity contribution in [2.24, 2.45) is 0 Å². The minimum absolute atomic E-state index is 0.00373. The highest BCUT2D eigenvalue weighted by Gasteiger charge is 2.37. The summed E-state index contributed by atoms with van der Waals surface area (Å²) in [4.78, 5) is 2.68. The molecule has 1 heterocycles. The largest absolute Gasteiger partial charge is 0.244 e. The van der Waals surface area contributed by atoms with Gasteiger partial charge in [0.05, 0.1) is 0 Å². The fraction of sp³-hybridized carbons (Fsp3) is 0.526. The predicted molar refractivity (Wildman–Crippen MR) is 352 cm³/mol. The second-order valence-electron chi connectivity index (χ2n) is 32.4. The summed E-state index contributed by atoms with van der Waals surface area (Å²) >= 11 is 0. The van der Waals surface area contributed by atoms with Crippen LogP contribution in [0.5, 0.6) is 0 Å². The Morgan fingerprint density at radius 1 is 0.312 bits per heavy atom. The molecule has 7 rings (SSSR count). The molecule has 0 saturated carbocycles. The Bertz CT molecular complexity index is 3080. The van der Waals surface area contributed by atoms with E-state index in [1.165, 1.54) is 112 Å². The van der Waals surface area contributed by atoms with E-state index < -0.39 is 0 Å². The fourth-order valence-corrected chi connectivity index (χ4v) is 12.0. The lowest BCUT2D eigenvalue weighted by Gasteiger charge is -2.30. The quantitative estimate of drug-likeness (QED) is 0.124. The molecule has 0 fully saturated rings. The van der Waals surface area contributed by atoms with E-state index in [2.05, 4.69) is 307 Å². The molecule has 4 atom stereocenters. The smallest absolute Gasteiger partial charge is 0.229 e. The highest BCUT2D eigenvalue weighted by atomic mass is 15.3. The Morgan fingerprint density at radius 2 is 0.550 bits per heavy atom. The molecule has 0 radical (unpaired) electrons. The first-order valence-corrected chi connectivity index (χ1v) is 30.7. The van der Waals surface area contributed by atoms with Gasteiger partial charge >= 0.3 is 0 Å². The van der Waals surface area contributed by atoms with Gasteiger partial charge < -0.3 is 0 Å². The first kappa shape index (κ1) is 62.4. The molecule has 3 unspecified atom stereocenters. The lowest BCUT2D eigenvalue weighted by atomic mass is 9.76. The molecule has 0 spiro atoms. The van der Waals surface area contributed by atoms with E-state index in [9.17, 15) is 0 Å². The molecule has 2 nitrogen and oxygen atoms in total. The minimum atomic E-state index is 0.00373. The van der Waals surface area contributed by atoms with Gasteiger partial charge in [0.15, 0.2) is 0 Å². The molecule has 430 valence electrons. The van der Waals surface area contributed by atoms with E-state index >= 15 is 0 Å². The van der Waals surface area contributed by atoms with Gasteiger partial charge in [0.1, 0.15) is 24.5 Å². The average molecular weight is 1070 g/mol. The number of aryl methyl sites for hydroxylation is 3. The van der Waals surface area contributed by atoms with Crippen molar-refractivity contribution in [1.82, 2.24) is 0 Å². The Labute approximate surface area is 490 Å². The summed E-state index contributed by atoms with van der Waals surface area (Å²) in [6.45, 7) is 68.3. The molecular weight excluding hydrogens is 965 g/mol. The number of hydrogen-bond acceptors (Lipinski definition) is 1. The van der Waals surface area contributed by atoms with E-state index in [1.807, 2.05) is 0 Å². The third kappa shape index (κ3) is 13.6. The zero-order valence-corrected chi connectivity index (χ0v) is 55.9. The van der Waals surface area contributed by atoms with Gasteiger partial charge in [-0.1, -0.05) is 287 Å². The van der Waals surface area contributed by atoms with Crippen LogP contribution >= 0.6 is 0 Å². The summed E-state index contributed by atoms with van der Waals surface area (Å²) in [5.74, 6) is 0.539. The molecule has 80 heavy (non-hydrogen) atoms. The van der Waals surface area contributed by atoms with Crippen LogP contribution in [0.25, 0.3) is 0 Å². The number of anilines is 1. The molecule has 0 saturated heterocycles. The second-order valence-corrected chi connectivity index (χ2v) is 32.4. The SMILES string of the molecule is Cc1cc(C(C)c2cc(C)cc(C(C)c3cc(C(C)(C)C)cc(C(C)(C)C)c3)c2[N+]2=CN(c3c(C(C)c4cc(C(C)(C)C)cc(C(C)(C)C)c4)cc(C)cc3[C@@H](C)c3cc(C(C)(C)C)cc(C(C)(C)C)c3)CC2)cc(C(C)(C)C)c1. The van der Waals surface area contributed by atoms with Crippen LogP contribution in [0.4, 0.5) is 11.4 Å². The first-order valence-electron chi connectivity index (χ1n) is 30.7. The van der Waals surface area contributed by atoms with E-state index in [0.29, 0.717) is 0 Å². The Hall–Kier alpha value is -5.21. The van der Waals surface area contributed by atoms with Crippen LogP contribution in [0.2, 0.25) is 0 Å². The first-order chi connectivity index (χ1) is 36.4. The van der Waals surface area contributed by atoms with Crippen molar-refractivity contribution in [2.45, 2.75) is 255 Å². The summed E-state index contributed by atoms with van der Waals surface area (Å²) < 4.78 is 2.68. The summed E-state index contributed by atoms with van der Waals surface area (Å²) in [6, 6.07) is 40.1. The van der Waals surface area contributed by atoms with Gasteiger partial charge in [0, 0.05) is 45.9 Å². The van der Waals surface area contributed by atoms with E-state index in [-0.39, 0.29) is 61.6 Å². The molecule has 6 aromatic carbocycles. The maximum Gasteiger partial charge on any atom is 0.244 e. The summed E-state index contributed by atoms with van der Waals surface area (Å²) in [5, 5.41) is 0. The molecule has 2 heteroatoms. The van der Waals surface area contributed by atoms with Crippen LogP contribution in [0.1, 0.15) is 297 Å². The summed E-state index contributed by atoms with van der Waals surface area (Å²) in [5.41, 5.74) is 27.6. The predicted octanol–water partition coefficient (Wildman–Crippen LogP) is 21.5. The van der Waals surface area contributed by atoms with Crippen LogP contribution < -0.4 is 4.90 Å². The molecule has 0 amide bonds. The Morgan fingerprint density at radius 3 is 0.838 bits per heavy atom. The van der Waals surface area contributed by atoms with Crippen molar-refractivity contribution in [3.8, 4) is 0 Å². The van der Waals surface area contributed by atoms with Crippen molar-refractivity contribution in [1.29, 1.82) is 0 Å². The topological polar surface area (TPSA) is 6.25 Å². The van der Waals surface area contributed by atoms with Crippen LogP contribution in [0.15, 0.2) is 97.1 Å². The normalized spacial score (nSPS) is 15.8. The standard InChI is InChI=1S/C78H109N2/c1-48-31-55(37-59(32-48)72(8,9)10)51(4)66-33-49(2)34-67(52(5)56-38-60(73(11,12)13)44-61(39-56)74(14,15)16)70(66)79-29-30-80(47-79)71-68(53(6)57-40-62(75(17,18)19)45-63(41-57)76(20,21)22)35-50(3)36-69(71)54(7)58-42-64(77(23,24)25)46-65(43-58)78(26,27)28/h31-47,51-54H,29-30H2,1-28H3/q+1/t51?,52?,53-,54?/m0/s1. The molecule has 6 aromatic rings. The number of rotatable bonds is 10. The number of hydrogen-bond donors (Lipinski definition) is 0. The molecule has 0 bridgehead atoms. The van der Waals surface area contributed by atoms with Crippen molar-refractivity contribution in [3.63, 3.8) is 0 Å². The van der Waals surface area contributed by atoms with Crippen LogP contribution in [0, 0.1) is 20.8 Å². The van der Waals surface area contributed by atoms with E-state index in [1.54, 1.807) is 0 Å². The zero-order valence-electron chi connectivity index (χ0n) is 55.9. The van der Waals surface area contributed by atoms with E-state index in [4.69, 9.17) is 0 Å². The number of benzene rings is 6. The number of nitrogens with zero attached hydrogens (tertiary/aromatic N) is 2. The molecule has 0 aromatic heterocycles.